The fourth-order valence-corrected chi connectivity index (χ4v) is 1.47. The van der Waals surface area contributed by atoms with E-state index in [1.165, 1.54) is 0 Å². The minimum atomic E-state index is -0.435. The van der Waals surface area contributed by atoms with E-state index in [2.05, 4.69) is 10.6 Å². The summed E-state index contributed by atoms with van der Waals surface area (Å²) in [4.78, 5) is 23.4. The van der Waals surface area contributed by atoms with E-state index >= 15 is 0 Å². The second-order valence-electron chi connectivity index (χ2n) is 4.35. The van der Waals surface area contributed by atoms with Gasteiger partial charge in [0.25, 0.3) is 0 Å². The van der Waals surface area contributed by atoms with E-state index in [1.54, 1.807) is 31.2 Å². The highest BCUT2D eigenvalue weighted by molar-refractivity contribution is 6.01. The molecule has 1 aromatic carbocycles. The quantitative estimate of drug-likeness (QED) is 0.791. The van der Waals surface area contributed by atoms with Crippen LogP contribution in [-0.2, 0) is 9.53 Å². The van der Waals surface area contributed by atoms with Crippen molar-refractivity contribution in [1.82, 2.24) is 5.32 Å². The third-order valence-electron chi connectivity index (χ3n) is 2.37. The molecule has 20 heavy (non-hydrogen) atoms. The zero-order chi connectivity index (χ0) is 14.3. The lowest BCUT2D eigenvalue weighted by atomic mass is 10.2. The molecule has 112 valence electrons. The number of halogens is 1. The van der Waals surface area contributed by atoms with Crippen LogP contribution in [0.1, 0.15) is 31.1 Å². The van der Waals surface area contributed by atoms with Crippen LogP contribution in [0.2, 0.25) is 0 Å². The number of anilines is 1. The highest BCUT2D eigenvalue weighted by Crippen LogP contribution is 2.16. The summed E-state index contributed by atoms with van der Waals surface area (Å²) in [7, 11) is 0. The number of esters is 1. The third-order valence-corrected chi connectivity index (χ3v) is 2.37. The minimum Gasteiger partial charge on any atom is -0.462 e. The number of ether oxygens (including phenoxy) is 1. The van der Waals surface area contributed by atoms with Crippen LogP contribution < -0.4 is 10.6 Å². The lowest BCUT2D eigenvalue weighted by Gasteiger charge is -2.11. The first kappa shape index (κ1) is 18.4. The van der Waals surface area contributed by atoms with Gasteiger partial charge in [0.1, 0.15) is 0 Å². The average molecular weight is 301 g/mol. The topological polar surface area (TPSA) is 67.4 Å². The van der Waals surface area contributed by atoms with Gasteiger partial charge in [0.05, 0.1) is 24.4 Å². The average Bonchev–Trinajstić information content (AvgIpc) is 2.37. The smallest absolute Gasteiger partial charge is 0.340 e. The Bertz CT molecular complexity index is 450. The van der Waals surface area contributed by atoms with Crippen LogP contribution >= 0.6 is 12.4 Å². The van der Waals surface area contributed by atoms with Gasteiger partial charge < -0.3 is 15.4 Å². The maximum absolute atomic E-state index is 11.7. The largest absolute Gasteiger partial charge is 0.462 e. The summed E-state index contributed by atoms with van der Waals surface area (Å²) in [6.07, 6.45) is 0. The van der Waals surface area contributed by atoms with Gasteiger partial charge in [0, 0.05) is 6.04 Å². The first-order chi connectivity index (χ1) is 9.04. The Morgan fingerprint density at radius 3 is 2.50 bits per heavy atom. The van der Waals surface area contributed by atoms with Crippen LogP contribution in [-0.4, -0.2) is 31.1 Å². The normalized spacial score (nSPS) is 9.80. The molecule has 0 bridgehead atoms. The van der Waals surface area contributed by atoms with Crippen molar-refractivity contribution in [1.29, 1.82) is 0 Å². The maximum atomic E-state index is 11.7. The van der Waals surface area contributed by atoms with Crippen molar-refractivity contribution < 1.29 is 14.3 Å². The molecule has 6 heteroatoms. The van der Waals surface area contributed by atoms with E-state index < -0.39 is 5.97 Å². The number of para-hydroxylation sites is 1. The Balaban J connectivity index is 0.00000361. The minimum absolute atomic E-state index is 0. The number of hydrogen-bond acceptors (Lipinski definition) is 4. The Morgan fingerprint density at radius 1 is 1.25 bits per heavy atom. The molecule has 5 nitrogen and oxygen atoms in total. The van der Waals surface area contributed by atoms with Crippen LogP contribution in [0.15, 0.2) is 24.3 Å². The van der Waals surface area contributed by atoms with Crippen molar-refractivity contribution in [2.45, 2.75) is 26.8 Å². The van der Waals surface area contributed by atoms with Crippen molar-refractivity contribution in [2.75, 3.05) is 18.5 Å². The highest BCUT2D eigenvalue weighted by Gasteiger charge is 2.13. The maximum Gasteiger partial charge on any atom is 0.340 e. The SMILES string of the molecule is CCOC(=O)c1ccccc1NC(=O)CNC(C)C.Cl. The summed E-state index contributed by atoms with van der Waals surface area (Å²) in [5.41, 5.74) is 0.832. The lowest BCUT2D eigenvalue weighted by Crippen LogP contribution is -2.33. The molecule has 0 unspecified atom stereocenters. The number of hydrogen-bond donors (Lipinski definition) is 2. The second-order valence-corrected chi connectivity index (χ2v) is 4.35. The van der Waals surface area contributed by atoms with E-state index in [0.717, 1.165) is 0 Å². The van der Waals surface area contributed by atoms with Gasteiger partial charge >= 0.3 is 5.97 Å². The second kappa shape index (κ2) is 9.34. The number of carbonyl (C=O) groups is 2. The fraction of sp³-hybridized carbons (Fsp3) is 0.429. The van der Waals surface area contributed by atoms with Gasteiger partial charge in [-0.3, -0.25) is 4.79 Å². The molecule has 0 saturated heterocycles. The summed E-state index contributed by atoms with van der Waals surface area (Å²) in [5, 5.41) is 5.71. The first-order valence-electron chi connectivity index (χ1n) is 6.34. The molecule has 0 aliphatic carbocycles. The van der Waals surface area contributed by atoms with Gasteiger partial charge in [-0.25, -0.2) is 4.79 Å². The summed E-state index contributed by atoms with van der Waals surface area (Å²) >= 11 is 0. The lowest BCUT2D eigenvalue weighted by molar-refractivity contribution is -0.115. The molecule has 0 radical (unpaired) electrons. The Kier molecular flexibility index (Phi) is 8.59. The third kappa shape index (κ3) is 6.04. The summed E-state index contributed by atoms with van der Waals surface area (Å²) in [5.74, 6) is -0.624. The fourth-order valence-electron chi connectivity index (χ4n) is 1.47. The standard InChI is InChI=1S/C14H20N2O3.ClH/c1-4-19-14(18)11-7-5-6-8-12(11)16-13(17)9-15-10(2)3;/h5-8,10,15H,4,9H2,1-3H3,(H,16,17);1H. The Labute approximate surface area is 125 Å². The Hall–Kier alpha value is -1.59. The van der Waals surface area contributed by atoms with Gasteiger partial charge in [-0.05, 0) is 19.1 Å². The van der Waals surface area contributed by atoms with Crippen molar-refractivity contribution in [2.24, 2.45) is 0 Å². The number of benzene rings is 1. The molecule has 1 rings (SSSR count). The molecule has 0 saturated carbocycles. The molecule has 1 aromatic rings. The van der Waals surface area contributed by atoms with Crippen LogP contribution in [0.4, 0.5) is 5.69 Å². The number of carbonyl (C=O) groups excluding carboxylic acids is 2. The molecule has 0 aliphatic heterocycles. The molecule has 0 aliphatic rings. The van der Waals surface area contributed by atoms with Crippen molar-refractivity contribution in [3.05, 3.63) is 29.8 Å². The van der Waals surface area contributed by atoms with Crippen molar-refractivity contribution >= 4 is 30.0 Å². The van der Waals surface area contributed by atoms with Gasteiger partial charge in [0.2, 0.25) is 5.91 Å². The number of rotatable bonds is 6. The molecule has 0 atom stereocenters. The predicted molar refractivity (Wildman–Crippen MR) is 81.4 cm³/mol. The monoisotopic (exact) mass is 300 g/mol. The van der Waals surface area contributed by atoms with Crippen LogP contribution in [0.3, 0.4) is 0 Å². The molecular formula is C14H21ClN2O3. The number of amides is 1. The molecule has 0 spiro atoms. The molecule has 1 amide bonds. The zero-order valence-electron chi connectivity index (χ0n) is 11.9. The van der Waals surface area contributed by atoms with Gasteiger partial charge in [-0.15, -0.1) is 12.4 Å². The zero-order valence-corrected chi connectivity index (χ0v) is 12.8. The molecular weight excluding hydrogens is 280 g/mol. The molecule has 0 aromatic heterocycles. The van der Waals surface area contributed by atoms with E-state index in [0.29, 0.717) is 17.9 Å². The molecule has 2 N–H and O–H groups in total. The van der Waals surface area contributed by atoms with Gasteiger partial charge in [-0.1, -0.05) is 26.0 Å². The van der Waals surface area contributed by atoms with E-state index in [1.807, 2.05) is 13.8 Å². The van der Waals surface area contributed by atoms with Crippen LogP contribution in [0, 0.1) is 0 Å². The first-order valence-corrected chi connectivity index (χ1v) is 6.34. The van der Waals surface area contributed by atoms with Gasteiger partial charge in [0.15, 0.2) is 0 Å². The van der Waals surface area contributed by atoms with Crippen molar-refractivity contribution in [3.8, 4) is 0 Å². The van der Waals surface area contributed by atoms with Gasteiger partial charge in [-0.2, -0.15) is 0 Å². The summed E-state index contributed by atoms with van der Waals surface area (Å²) < 4.78 is 4.94. The van der Waals surface area contributed by atoms with E-state index in [-0.39, 0.29) is 30.9 Å². The van der Waals surface area contributed by atoms with E-state index in [4.69, 9.17) is 4.74 Å². The predicted octanol–water partition coefficient (Wildman–Crippen LogP) is 2.22. The van der Waals surface area contributed by atoms with Crippen LogP contribution in [0.5, 0.6) is 0 Å². The van der Waals surface area contributed by atoms with Crippen molar-refractivity contribution in [3.63, 3.8) is 0 Å². The van der Waals surface area contributed by atoms with E-state index in [9.17, 15) is 9.59 Å². The van der Waals surface area contributed by atoms with Crippen LogP contribution in [0.25, 0.3) is 0 Å². The highest BCUT2D eigenvalue weighted by atomic mass is 35.5. The molecule has 0 fully saturated rings. The number of nitrogens with one attached hydrogen (secondary N) is 2. The summed E-state index contributed by atoms with van der Waals surface area (Å²) in [6.45, 7) is 6.16. The molecule has 0 heterocycles. The Morgan fingerprint density at radius 2 is 1.90 bits per heavy atom. The summed E-state index contributed by atoms with van der Waals surface area (Å²) in [6, 6.07) is 7.02.